The van der Waals surface area contributed by atoms with Crippen LogP contribution >= 0.6 is 11.8 Å². The summed E-state index contributed by atoms with van der Waals surface area (Å²) in [6.07, 6.45) is 0.0310. The van der Waals surface area contributed by atoms with Gasteiger partial charge in [0.05, 0.1) is 5.69 Å². The monoisotopic (exact) mass is 399 g/mol. The van der Waals surface area contributed by atoms with Crippen molar-refractivity contribution in [3.63, 3.8) is 0 Å². The maximum atomic E-state index is 13.0. The van der Waals surface area contributed by atoms with Gasteiger partial charge in [-0.2, -0.15) is 0 Å². The van der Waals surface area contributed by atoms with Gasteiger partial charge in [-0.15, -0.1) is 0 Å². The first-order valence-electron chi connectivity index (χ1n) is 9.09. The van der Waals surface area contributed by atoms with E-state index in [2.05, 4.69) is 10.3 Å². The molecule has 2 aromatic carbocycles. The number of halogens is 1. The molecular formula is C21H22FN3O2S. The highest BCUT2D eigenvalue weighted by Gasteiger charge is 2.39. The zero-order chi connectivity index (χ0) is 20.1. The van der Waals surface area contributed by atoms with E-state index < -0.39 is 5.25 Å². The third-order valence-corrected chi connectivity index (χ3v) is 5.22. The highest BCUT2D eigenvalue weighted by Crippen LogP contribution is 2.32. The summed E-state index contributed by atoms with van der Waals surface area (Å²) in [5.41, 5.74) is 1.27. The van der Waals surface area contributed by atoms with Crippen molar-refractivity contribution in [3.05, 3.63) is 60.4 Å². The van der Waals surface area contributed by atoms with Crippen LogP contribution in [0.2, 0.25) is 0 Å². The van der Waals surface area contributed by atoms with Crippen LogP contribution in [0.15, 0.2) is 59.6 Å². The first kappa shape index (κ1) is 20.1. The molecule has 3 rings (SSSR count). The van der Waals surface area contributed by atoms with Gasteiger partial charge < -0.3 is 5.32 Å². The smallest absolute Gasteiger partial charge is 0.242 e. The van der Waals surface area contributed by atoms with Gasteiger partial charge in [-0.3, -0.25) is 14.5 Å². The number of amides is 2. The SMILES string of the molecule is CC(C)CN1C(=O)[C@H](CC(=O)Nc2ccc(F)cc2)SC1=Nc1ccccc1. The molecule has 0 spiro atoms. The van der Waals surface area contributed by atoms with Crippen molar-refractivity contribution in [2.75, 3.05) is 11.9 Å². The van der Waals surface area contributed by atoms with Crippen LogP contribution in [0, 0.1) is 11.7 Å². The van der Waals surface area contributed by atoms with Crippen molar-refractivity contribution in [3.8, 4) is 0 Å². The number of anilines is 1. The molecule has 5 nitrogen and oxygen atoms in total. The summed E-state index contributed by atoms with van der Waals surface area (Å²) in [7, 11) is 0. The molecule has 28 heavy (non-hydrogen) atoms. The third kappa shape index (κ3) is 5.19. The minimum absolute atomic E-state index is 0.0310. The Hall–Kier alpha value is -2.67. The average molecular weight is 399 g/mol. The van der Waals surface area contributed by atoms with Crippen LogP contribution < -0.4 is 5.32 Å². The second-order valence-electron chi connectivity index (χ2n) is 6.94. The summed E-state index contributed by atoms with van der Waals surface area (Å²) in [5.74, 6) is -0.492. The van der Waals surface area contributed by atoms with Crippen LogP contribution in [0.5, 0.6) is 0 Å². The molecule has 1 atom stereocenters. The molecule has 0 bridgehead atoms. The lowest BCUT2D eigenvalue weighted by Crippen LogP contribution is -2.36. The predicted molar refractivity (Wildman–Crippen MR) is 111 cm³/mol. The van der Waals surface area contributed by atoms with Gasteiger partial charge in [-0.05, 0) is 42.3 Å². The lowest BCUT2D eigenvalue weighted by Gasteiger charge is -2.18. The Kier molecular flexibility index (Phi) is 6.46. The first-order chi connectivity index (χ1) is 13.4. The predicted octanol–water partition coefficient (Wildman–Crippen LogP) is 4.44. The molecule has 1 N–H and O–H groups in total. The van der Waals surface area contributed by atoms with Gasteiger partial charge in [0.15, 0.2) is 5.17 Å². The molecule has 1 heterocycles. The molecule has 1 saturated heterocycles. The number of amidine groups is 1. The second-order valence-corrected chi connectivity index (χ2v) is 8.11. The normalized spacial score (nSPS) is 18.1. The fourth-order valence-electron chi connectivity index (χ4n) is 2.78. The number of carbonyl (C=O) groups excluding carboxylic acids is 2. The number of rotatable bonds is 6. The van der Waals surface area contributed by atoms with Crippen LogP contribution in [-0.4, -0.2) is 33.7 Å². The number of hydrogen-bond donors (Lipinski definition) is 1. The van der Waals surface area contributed by atoms with Crippen LogP contribution in [0.25, 0.3) is 0 Å². The van der Waals surface area contributed by atoms with Gasteiger partial charge in [0.25, 0.3) is 0 Å². The lowest BCUT2D eigenvalue weighted by molar-refractivity contribution is -0.128. The fraction of sp³-hybridized carbons (Fsp3) is 0.286. The molecule has 7 heteroatoms. The molecule has 1 aliphatic heterocycles. The summed E-state index contributed by atoms with van der Waals surface area (Å²) in [4.78, 5) is 31.5. The van der Waals surface area contributed by atoms with Crippen LogP contribution in [0.3, 0.4) is 0 Å². The number of para-hydroxylation sites is 1. The largest absolute Gasteiger partial charge is 0.326 e. The van der Waals surface area contributed by atoms with E-state index in [4.69, 9.17) is 0 Å². The number of nitrogens with zero attached hydrogens (tertiary/aromatic N) is 2. The minimum atomic E-state index is -0.526. The highest BCUT2D eigenvalue weighted by atomic mass is 32.2. The Morgan fingerprint density at radius 2 is 1.86 bits per heavy atom. The Balaban J connectivity index is 1.72. The van der Waals surface area contributed by atoms with Crippen molar-refractivity contribution in [1.82, 2.24) is 4.90 Å². The summed E-state index contributed by atoms with van der Waals surface area (Å²) >= 11 is 1.31. The highest BCUT2D eigenvalue weighted by molar-refractivity contribution is 8.15. The zero-order valence-corrected chi connectivity index (χ0v) is 16.6. The number of hydrogen-bond acceptors (Lipinski definition) is 4. The van der Waals surface area contributed by atoms with E-state index in [1.54, 1.807) is 4.90 Å². The first-order valence-corrected chi connectivity index (χ1v) is 9.97. The maximum Gasteiger partial charge on any atom is 0.242 e. The van der Waals surface area contributed by atoms with Gasteiger partial charge in [-0.25, -0.2) is 9.38 Å². The Morgan fingerprint density at radius 3 is 2.50 bits per heavy atom. The average Bonchev–Trinajstić information content (AvgIpc) is 2.93. The molecule has 0 aliphatic carbocycles. The van der Waals surface area contributed by atoms with Gasteiger partial charge in [-0.1, -0.05) is 43.8 Å². The topological polar surface area (TPSA) is 61.8 Å². The number of carbonyl (C=O) groups is 2. The van der Waals surface area contributed by atoms with Crippen LogP contribution in [-0.2, 0) is 9.59 Å². The lowest BCUT2D eigenvalue weighted by atomic mass is 10.2. The van der Waals surface area contributed by atoms with E-state index in [0.717, 1.165) is 5.69 Å². The van der Waals surface area contributed by atoms with Crippen molar-refractivity contribution < 1.29 is 14.0 Å². The van der Waals surface area contributed by atoms with Crippen molar-refractivity contribution in [2.24, 2.45) is 10.9 Å². The summed E-state index contributed by atoms with van der Waals surface area (Å²) in [6.45, 7) is 4.62. The van der Waals surface area contributed by atoms with Crippen LogP contribution in [0.1, 0.15) is 20.3 Å². The Bertz CT molecular complexity index is 869. The molecular weight excluding hydrogens is 377 g/mol. The van der Waals surface area contributed by atoms with E-state index in [9.17, 15) is 14.0 Å². The number of aliphatic imine (C=N–C) groups is 1. The fourth-order valence-corrected chi connectivity index (χ4v) is 3.95. The van der Waals surface area contributed by atoms with E-state index in [1.807, 2.05) is 44.2 Å². The van der Waals surface area contributed by atoms with Gasteiger partial charge >= 0.3 is 0 Å². The molecule has 0 unspecified atom stereocenters. The standard InChI is InChI=1S/C21H22FN3O2S/c1-14(2)13-25-20(27)18(28-21(25)24-16-6-4-3-5-7-16)12-19(26)23-17-10-8-15(22)9-11-17/h3-11,14,18H,12-13H2,1-2H3,(H,23,26)/t18-/m0/s1. The van der Waals surface area contributed by atoms with Crippen molar-refractivity contribution in [1.29, 1.82) is 0 Å². The molecule has 1 fully saturated rings. The molecule has 0 saturated carbocycles. The van der Waals surface area contributed by atoms with Gasteiger partial charge in [0, 0.05) is 18.7 Å². The summed E-state index contributed by atoms with van der Waals surface area (Å²) in [5, 5.41) is 2.80. The quantitative estimate of drug-likeness (QED) is 0.781. The number of benzene rings is 2. The number of nitrogens with one attached hydrogen (secondary N) is 1. The second kappa shape index (κ2) is 9.01. The zero-order valence-electron chi connectivity index (χ0n) is 15.8. The van der Waals surface area contributed by atoms with E-state index in [-0.39, 0.29) is 30.0 Å². The van der Waals surface area contributed by atoms with Crippen molar-refractivity contribution in [2.45, 2.75) is 25.5 Å². The molecule has 1 aliphatic rings. The molecule has 2 aromatic rings. The summed E-state index contributed by atoms with van der Waals surface area (Å²) in [6, 6.07) is 15.0. The van der Waals surface area contributed by atoms with E-state index in [1.165, 1.54) is 36.0 Å². The van der Waals surface area contributed by atoms with Gasteiger partial charge in [0.1, 0.15) is 11.1 Å². The third-order valence-electron chi connectivity index (χ3n) is 4.05. The van der Waals surface area contributed by atoms with Gasteiger partial charge in [0.2, 0.25) is 11.8 Å². The molecule has 0 aromatic heterocycles. The Labute approximate surface area is 168 Å². The van der Waals surface area contributed by atoms with Crippen molar-refractivity contribution >= 4 is 40.1 Å². The van der Waals surface area contributed by atoms with Crippen LogP contribution in [0.4, 0.5) is 15.8 Å². The minimum Gasteiger partial charge on any atom is -0.326 e. The Morgan fingerprint density at radius 1 is 1.18 bits per heavy atom. The summed E-state index contributed by atoms with van der Waals surface area (Å²) < 4.78 is 13.0. The molecule has 146 valence electrons. The number of thioether (sulfide) groups is 1. The molecule has 2 amide bonds. The maximum absolute atomic E-state index is 13.0. The van der Waals surface area contributed by atoms with E-state index >= 15 is 0 Å². The van der Waals surface area contributed by atoms with E-state index in [0.29, 0.717) is 17.4 Å². The molecule has 0 radical (unpaired) electrons.